The maximum Gasteiger partial charge on any atom is 0.407 e. The molecule has 1 fully saturated rings. The smallest absolute Gasteiger partial charge is 0.407 e. The van der Waals surface area contributed by atoms with Crippen LogP contribution in [0, 0.1) is 0 Å². The van der Waals surface area contributed by atoms with Crippen LogP contribution in [0.2, 0.25) is 0 Å². The Labute approximate surface area is 156 Å². The van der Waals surface area contributed by atoms with Gasteiger partial charge in [0.15, 0.2) is 0 Å². The summed E-state index contributed by atoms with van der Waals surface area (Å²) < 4.78 is 45.5. The summed E-state index contributed by atoms with van der Waals surface area (Å²) in [4.78, 5) is 11.2. The fraction of sp³-hybridized carbons (Fsp3) is 0.562. The van der Waals surface area contributed by atoms with Crippen molar-refractivity contribution in [2.24, 2.45) is 0 Å². The lowest BCUT2D eigenvalue weighted by Gasteiger charge is -2.28. The summed E-state index contributed by atoms with van der Waals surface area (Å²) in [6, 6.07) is 2.80. The highest BCUT2D eigenvalue weighted by Crippen LogP contribution is 2.41. The van der Waals surface area contributed by atoms with Crippen LogP contribution in [-0.2, 0) is 19.4 Å². The zero-order valence-corrected chi connectivity index (χ0v) is 17.0. The van der Waals surface area contributed by atoms with Gasteiger partial charge in [0.25, 0.3) is 0 Å². The number of benzene rings is 1. The Morgan fingerprint density at radius 3 is 2.19 bits per heavy atom. The Morgan fingerprint density at radius 2 is 1.77 bits per heavy atom. The molecule has 1 N–H and O–H groups in total. The highest BCUT2D eigenvalue weighted by molar-refractivity contribution is 8.72. The number of alkyl carbamates (subject to hydrolysis) is 1. The van der Waals surface area contributed by atoms with Crippen molar-refractivity contribution in [3.63, 3.8) is 0 Å². The zero-order chi connectivity index (χ0) is 19.5. The number of ether oxygens (including phenoxy) is 4. The van der Waals surface area contributed by atoms with Crippen molar-refractivity contribution < 1.29 is 32.2 Å². The Balaban J connectivity index is 2.27. The molecule has 1 aromatic rings. The molecular formula is C16H23NO7S2. The van der Waals surface area contributed by atoms with Gasteiger partial charge in [-0.1, -0.05) is 0 Å². The largest absolute Gasteiger partial charge is 0.496 e. The van der Waals surface area contributed by atoms with Gasteiger partial charge in [-0.15, -0.1) is 0 Å². The third kappa shape index (κ3) is 4.67. The van der Waals surface area contributed by atoms with Crippen LogP contribution in [0.5, 0.6) is 17.2 Å². The van der Waals surface area contributed by atoms with Crippen LogP contribution in [0.3, 0.4) is 0 Å². The third-order valence-corrected chi connectivity index (χ3v) is 8.01. The lowest BCUT2D eigenvalue weighted by atomic mass is 10.1. The first-order valence-corrected chi connectivity index (χ1v) is 10.8. The zero-order valence-electron chi connectivity index (χ0n) is 15.3. The molecule has 0 aromatic heterocycles. The fourth-order valence-corrected chi connectivity index (χ4v) is 7.01. The van der Waals surface area contributed by atoms with E-state index in [-0.39, 0.29) is 12.4 Å². The molecule has 1 aliphatic heterocycles. The first-order chi connectivity index (χ1) is 12.1. The van der Waals surface area contributed by atoms with Crippen molar-refractivity contribution in [3.05, 3.63) is 17.7 Å². The predicted molar refractivity (Wildman–Crippen MR) is 98.7 cm³/mol. The van der Waals surface area contributed by atoms with E-state index in [1.54, 1.807) is 26.0 Å². The number of carbonyl (C=O) groups excluding carboxylic acids is 1. The molecule has 146 valence electrons. The first kappa shape index (κ1) is 20.5. The molecule has 1 heterocycles. The van der Waals surface area contributed by atoms with Crippen LogP contribution in [-0.4, -0.2) is 53.2 Å². The molecule has 0 saturated carbocycles. The lowest BCUT2D eigenvalue weighted by molar-refractivity contribution is 0.176. The number of rotatable bonds is 8. The van der Waals surface area contributed by atoms with Gasteiger partial charge in [-0.3, -0.25) is 0 Å². The lowest BCUT2D eigenvalue weighted by Crippen LogP contribution is -2.44. The molecule has 1 saturated heterocycles. The molecule has 8 nitrogen and oxygen atoms in total. The van der Waals surface area contributed by atoms with Crippen molar-refractivity contribution in [1.29, 1.82) is 0 Å². The SMILES string of the molecule is COc1cc(OC)c(CS(=O)(=O)SC(C)(C)C2COC(=O)N2)c(OC)c1. The first-order valence-electron chi connectivity index (χ1n) is 7.77. The third-order valence-electron chi connectivity index (χ3n) is 3.99. The summed E-state index contributed by atoms with van der Waals surface area (Å²) >= 11 is 0. The number of amides is 1. The summed E-state index contributed by atoms with van der Waals surface area (Å²) in [6.45, 7) is 3.62. The van der Waals surface area contributed by atoms with Crippen molar-refractivity contribution >= 4 is 25.8 Å². The van der Waals surface area contributed by atoms with E-state index < -0.39 is 25.8 Å². The number of hydrogen-bond acceptors (Lipinski definition) is 8. The van der Waals surface area contributed by atoms with Crippen molar-refractivity contribution in [2.75, 3.05) is 27.9 Å². The predicted octanol–water partition coefficient (Wildman–Crippen LogP) is 2.16. The molecule has 10 heteroatoms. The standard InChI is InChI=1S/C16H23NO7S2/c1-16(2,14-8-24-15(18)17-14)25-26(19,20)9-11-12(22-4)6-10(21-3)7-13(11)23-5/h6-7,14H,8-9H2,1-5H3,(H,17,18). The van der Waals surface area contributed by atoms with E-state index in [9.17, 15) is 13.2 Å². The molecule has 0 aliphatic carbocycles. The summed E-state index contributed by atoms with van der Waals surface area (Å²) in [5.74, 6) is 0.930. The molecule has 1 aromatic carbocycles. The van der Waals surface area contributed by atoms with Crippen molar-refractivity contribution in [3.8, 4) is 17.2 Å². The highest BCUT2D eigenvalue weighted by atomic mass is 33.1. The minimum atomic E-state index is -3.62. The van der Waals surface area contributed by atoms with Crippen LogP contribution in [0.4, 0.5) is 4.79 Å². The maximum absolute atomic E-state index is 12.8. The van der Waals surface area contributed by atoms with E-state index in [2.05, 4.69) is 5.32 Å². The molecule has 2 rings (SSSR count). The van der Waals surface area contributed by atoms with E-state index in [1.807, 2.05) is 0 Å². The van der Waals surface area contributed by atoms with Crippen molar-refractivity contribution in [2.45, 2.75) is 30.4 Å². The Bertz CT molecular complexity index is 752. The molecule has 0 radical (unpaired) electrons. The van der Waals surface area contributed by atoms with E-state index >= 15 is 0 Å². The van der Waals surface area contributed by atoms with E-state index in [4.69, 9.17) is 18.9 Å². The van der Waals surface area contributed by atoms with Gasteiger partial charge in [-0.25, -0.2) is 13.2 Å². The van der Waals surface area contributed by atoms with Gasteiger partial charge >= 0.3 is 6.09 Å². The molecule has 1 unspecified atom stereocenters. The van der Waals surface area contributed by atoms with Gasteiger partial charge in [-0.2, -0.15) is 0 Å². The van der Waals surface area contributed by atoms with Crippen molar-refractivity contribution in [1.82, 2.24) is 5.32 Å². The van der Waals surface area contributed by atoms with Gasteiger partial charge < -0.3 is 24.3 Å². The topological polar surface area (TPSA) is 100 Å². The molecular weight excluding hydrogens is 382 g/mol. The summed E-state index contributed by atoms with van der Waals surface area (Å²) in [5, 5.41) is 2.63. The molecule has 0 spiro atoms. The van der Waals surface area contributed by atoms with Crippen LogP contribution >= 0.6 is 10.8 Å². The molecule has 1 amide bonds. The van der Waals surface area contributed by atoms with Crippen LogP contribution in [0.1, 0.15) is 19.4 Å². The second kappa shape index (κ2) is 7.83. The average Bonchev–Trinajstić information content (AvgIpc) is 3.01. The molecule has 1 atom stereocenters. The quantitative estimate of drug-likeness (QED) is 0.657. The van der Waals surface area contributed by atoms with Gasteiger partial charge in [-0.05, 0) is 24.6 Å². The summed E-state index contributed by atoms with van der Waals surface area (Å²) in [5.41, 5.74) is 0.408. The summed E-state index contributed by atoms with van der Waals surface area (Å²) in [6.07, 6.45) is -0.542. The Kier molecular flexibility index (Phi) is 6.17. The van der Waals surface area contributed by atoms with E-state index in [1.165, 1.54) is 21.3 Å². The second-order valence-corrected chi connectivity index (χ2v) is 10.8. The number of cyclic esters (lactones) is 1. The minimum Gasteiger partial charge on any atom is -0.496 e. The normalized spacial score (nSPS) is 17.4. The van der Waals surface area contributed by atoms with Crippen LogP contribution < -0.4 is 19.5 Å². The fourth-order valence-electron chi connectivity index (χ4n) is 2.57. The Morgan fingerprint density at radius 1 is 1.19 bits per heavy atom. The second-order valence-electron chi connectivity index (χ2n) is 6.19. The van der Waals surface area contributed by atoms with Gasteiger partial charge in [0.05, 0.1) is 38.7 Å². The van der Waals surface area contributed by atoms with Gasteiger partial charge in [0.2, 0.25) is 8.87 Å². The summed E-state index contributed by atoms with van der Waals surface area (Å²) in [7, 11) is 1.56. The maximum atomic E-state index is 12.8. The molecule has 1 aliphatic rings. The molecule has 26 heavy (non-hydrogen) atoms. The van der Waals surface area contributed by atoms with Gasteiger partial charge in [0, 0.05) is 16.9 Å². The monoisotopic (exact) mass is 405 g/mol. The number of carbonyl (C=O) groups is 1. The highest BCUT2D eigenvalue weighted by Gasteiger charge is 2.41. The van der Waals surface area contributed by atoms with Crippen LogP contribution in [0.25, 0.3) is 0 Å². The van der Waals surface area contributed by atoms with Crippen LogP contribution in [0.15, 0.2) is 12.1 Å². The van der Waals surface area contributed by atoms with E-state index in [0.717, 1.165) is 10.8 Å². The number of hydrogen-bond donors (Lipinski definition) is 1. The number of nitrogens with one attached hydrogen (secondary N) is 1. The number of methoxy groups -OCH3 is 3. The Hall–Kier alpha value is -1.81. The molecule has 0 bridgehead atoms. The average molecular weight is 405 g/mol. The van der Waals surface area contributed by atoms with Gasteiger partial charge in [0.1, 0.15) is 23.9 Å². The van der Waals surface area contributed by atoms with E-state index in [0.29, 0.717) is 22.8 Å². The minimum absolute atomic E-state index is 0.129.